The van der Waals surface area contributed by atoms with Gasteiger partial charge < -0.3 is 15.0 Å². The zero-order chi connectivity index (χ0) is 24.3. The molecule has 7 heteroatoms. The van der Waals surface area contributed by atoms with E-state index in [9.17, 15) is 18.0 Å². The number of methoxy groups -OCH3 is 1. The number of halogens is 3. The van der Waals surface area contributed by atoms with Gasteiger partial charge in [-0.3, -0.25) is 4.79 Å². The summed E-state index contributed by atoms with van der Waals surface area (Å²) in [4.78, 5) is 13.8. The summed E-state index contributed by atoms with van der Waals surface area (Å²) in [6.07, 6.45) is -2.40. The molecule has 1 amide bonds. The van der Waals surface area contributed by atoms with Gasteiger partial charge in [0.05, 0.1) is 12.7 Å². The number of benzene rings is 3. The van der Waals surface area contributed by atoms with E-state index in [2.05, 4.69) is 11.9 Å². The van der Waals surface area contributed by atoms with Gasteiger partial charge in [0.1, 0.15) is 5.75 Å². The second-order valence-corrected chi connectivity index (χ2v) is 8.16. The minimum absolute atomic E-state index is 0.136. The third-order valence-corrected chi connectivity index (χ3v) is 6.00. The lowest BCUT2D eigenvalue weighted by atomic mass is 9.92. The molecular formula is C27H25F3N2O2. The van der Waals surface area contributed by atoms with Crippen LogP contribution in [0.4, 0.5) is 18.9 Å². The maximum atomic E-state index is 13.1. The zero-order valence-electron chi connectivity index (χ0n) is 18.8. The van der Waals surface area contributed by atoms with E-state index in [0.717, 1.165) is 45.8 Å². The molecule has 0 bridgehead atoms. The fourth-order valence-corrected chi connectivity index (χ4v) is 4.09. The van der Waals surface area contributed by atoms with E-state index in [4.69, 9.17) is 4.74 Å². The highest BCUT2D eigenvalue weighted by Gasteiger charge is 2.30. The van der Waals surface area contributed by atoms with Gasteiger partial charge in [-0.1, -0.05) is 30.8 Å². The van der Waals surface area contributed by atoms with Crippen LogP contribution in [0.25, 0.3) is 11.1 Å². The van der Waals surface area contributed by atoms with Crippen LogP contribution < -0.4 is 10.1 Å². The molecule has 3 aromatic carbocycles. The first-order valence-corrected chi connectivity index (χ1v) is 10.9. The largest absolute Gasteiger partial charge is 0.497 e. The Labute approximate surface area is 196 Å². The molecular weight excluding hydrogens is 441 g/mol. The van der Waals surface area contributed by atoms with Crippen molar-refractivity contribution < 1.29 is 22.7 Å². The van der Waals surface area contributed by atoms with Crippen molar-refractivity contribution in [2.75, 3.05) is 19.0 Å². The number of alkyl halides is 3. The second-order valence-electron chi connectivity index (χ2n) is 8.16. The summed E-state index contributed by atoms with van der Waals surface area (Å²) in [5.41, 5.74) is 4.73. The van der Waals surface area contributed by atoms with E-state index in [-0.39, 0.29) is 5.91 Å². The maximum absolute atomic E-state index is 13.1. The Morgan fingerprint density at radius 1 is 1.09 bits per heavy atom. The smallest absolute Gasteiger partial charge is 0.416 e. The third kappa shape index (κ3) is 5.09. The standard InChI is InChI=1S/C27H25F3N2O2/c1-3-26(33)32-13-12-20-15-25(31-16-18-4-10-23(34-2)11-5-18)24(14-21(20)17-32)19-6-8-22(9-7-19)27(28,29)30/h3-11,14-15,31H,1,12-13,16-17H2,2H3. The molecule has 1 aliphatic heterocycles. The van der Waals surface area contributed by atoms with Gasteiger partial charge >= 0.3 is 6.18 Å². The number of carbonyl (C=O) groups is 1. The van der Waals surface area contributed by atoms with E-state index in [1.54, 1.807) is 12.0 Å². The predicted octanol–water partition coefficient (Wildman–Crippen LogP) is 6.06. The number of hydrogen-bond donors (Lipinski definition) is 1. The number of nitrogens with zero attached hydrogens (tertiary/aromatic N) is 1. The van der Waals surface area contributed by atoms with Crippen LogP contribution in [-0.4, -0.2) is 24.5 Å². The van der Waals surface area contributed by atoms with Crippen molar-refractivity contribution in [2.45, 2.75) is 25.7 Å². The first-order chi connectivity index (χ1) is 16.3. The van der Waals surface area contributed by atoms with E-state index < -0.39 is 11.7 Å². The summed E-state index contributed by atoms with van der Waals surface area (Å²) in [7, 11) is 1.61. The summed E-state index contributed by atoms with van der Waals surface area (Å²) in [6.45, 7) is 5.13. The summed E-state index contributed by atoms with van der Waals surface area (Å²) >= 11 is 0. The molecule has 1 N–H and O–H groups in total. The normalized spacial score (nSPS) is 13.2. The lowest BCUT2D eigenvalue weighted by Crippen LogP contribution is -2.34. The monoisotopic (exact) mass is 466 g/mol. The van der Waals surface area contributed by atoms with Crippen LogP contribution in [0.1, 0.15) is 22.3 Å². The van der Waals surface area contributed by atoms with Crippen LogP contribution in [0.3, 0.4) is 0 Å². The SMILES string of the molecule is C=CC(=O)N1CCc2cc(NCc3ccc(OC)cc3)c(-c3ccc(C(F)(F)F)cc3)cc2C1. The van der Waals surface area contributed by atoms with Crippen molar-refractivity contribution in [3.8, 4) is 16.9 Å². The van der Waals surface area contributed by atoms with Crippen molar-refractivity contribution >= 4 is 11.6 Å². The molecule has 1 aliphatic rings. The molecule has 3 aromatic rings. The van der Waals surface area contributed by atoms with Crippen molar-refractivity contribution in [1.82, 2.24) is 4.90 Å². The van der Waals surface area contributed by atoms with Crippen LogP contribution in [-0.2, 0) is 30.5 Å². The topological polar surface area (TPSA) is 41.6 Å². The van der Waals surface area contributed by atoms with Gasteiger partial charge in [-0.15, -0.1) is 0 Å². The molecule has 4 nitrogen and oxygen atoms in total. The second kappa shape index (κ2) is 9.63. The highest BCUT2D eigenvalue weighted by molar-refractivity contribution is 5.87. The molecule has 0 atom stereocenters. The quantitative estimate of drug-likeness (QED) is 0.449. The number of amides is 1. The minimum atomic E-state index is -4.39. The summed E-state index contributed by atoms with van der Waals surface area (Å²) < 4.78 is 44.4. The fourth-order valence-electron chi connectivity index (χ4n) is 4.09. The number of rotatable bonds is 6. The van der Waals surface area contributed by atoms with Gasteiger partial charge in [-0.05, 0) is 71.1 Å². The summed E-state index contributed by atoms with van der Waals surface area (Å²) in [5.74, 6) is 0.630. The van der Waals surface area contributed by atoms with Gasteiger partial charge in [0.2, 0.25) is 5.91 Å². The molecule has 0 saturated carbocycles. The maximum Gasteiger partial charge on any atom is 0.416 e. The van der Waals surface area contributed by atoms with Crippen molar-refractivity contribution in [1.29, 1.82) is 0 Å². The lowest BCUT2D eigenvalue weighted by Gasteiger charge is -2.29. The van der Waals surface area contributed by atoms with Crippen LogP contribution in [0.5, 0.6) is 5.75 Å². The zero-order valence-corrected chi connectivity index (χ0v) is 18.8. The van der Waals surface area contributed by atoms with Gasteiger partial charge in [0, 0.05) is 30.9 Å². The van der Waals surface area contributed by atoms with Crippen LogP contribution in [0, 0.1) is 0 Å². The van der Waals surface area contributed by atoms with Crippen LogP contribution in [0.15, 0.2) is 73.3 Å². The number of nitrogens with one attached hydrogen (secondary N) is 1. The molecule has 1 heterocycles. The van der Waals surface area contributed by atoms with Gasteiger partial charge in [0.15, 0.2) is 0 Å². The molecule has 0 saturated heterocycles. The predicted molar refractivity (Wildman–Crippen MR) is 127 cm³/mol. The highest BCUT2D eigenvalue weighted by atomic mass is 19.4. The molecule has 34 heavy (non-hydrogen) atoms. The first kappa shape index (κ1) is 23.4. The van der Waals surface area contributed by atoms with Crippen LogP contribution in [0.2, 0.25) is 0 Å². The number of carbonyl (C=O) groups excluding carboxylic acids is 1. The third-order valence-electron chi connectivity index (χ3n) is 6.00. The Morgan fingerprint density at radius 3 is 2.41 bits per heavy atom. The van der Waals surface area contributed by atoms with Gasteiger partial charge in [-0.25, -0.2) is 0 Å². The van der Waals surface area contributed by atoms with Crippen molar-refractivity contribution in [3.05, 3.63) is 95.6 Å². The highest BCUT2D eigenvalue weighted by Crippen LogP contribution is 2.36. The number of anilines is 1. The average Bonchev–Trinajstić information content (AvgIpc) is 2.86. The van der Waals surface area contributed by atoms with E-state index >= 15 is 0 Å². The van der Waals surface area contributed by atoms with E-state index in [1.165, 1.54) is 18.2 Å². The van der Waals surface area contributed by atoms with Crippen LogP contribution >= 0.6 is 0 Å². The molecule has 0 radical (unpaired) electrons. The molecule has 0 aromatic heterocycles. The molecule has 0 spiro atoms. The van der Waals surface area contributed by atoms with Gasteiger partial charge in [0.25, 0.3) is 0 Å². The summed E-state index contributed by atoms with van der Waals surface area (Å²) in [6, 6.07) is 16.8. The fraction of sp³-hybridized carbons (Fsp3) is 0.222. The number of fused-ring (bicyclic) bond motifs is 1. The molecule has 4 rings (SSSR count). The molecule has 176 valence electrons. The van der Waals surface area contributed by atoms with E-state index in [0.29, 0.717) is 31.6 Å². The lowest BCUT2D eigenvalue weighted by molar-refractivity contribution is -0.137. The summed E-state index contributed by atoms with van der Waals surface area (Å²) in [5, 5.41) is 3.45. The number of hydrogen-bond acceptors (Lipinski definition) is 3. The first-order valence-electron chi connectivity index (χ1n) is 10.9. The van der Waals surface area contributed by atoms with Crippen molar-refractivity contribution in [2.24, 2.45) is 0 Å². The Kier molecular flexibility index (Phi) is 6.63. The Bertz CT molecular complexity index is 1190. The number of ether oxygens (including phenoxy) is 1. The Balaban J connectivity index is 1.68. The van der Waals surface area contributed by atoms with Crippen molar-refractivity contribution in [3.63, 3.8) is 0 Å². The molecule has 0 aliphatic carbocycles. The van der Waals surface area contributed by atoms with Gasteiger partial charge in [-0.2, -0.15) is 13.2 Å². The Morgan fingerprint density at radius 2 is 1.79 bits per heavy atom. The van der Waals surface area contributed by atoms with E-state index in [1.807, 2.05) is 36.4 Å². The molecule has 0 unspecified atom stereocenters. The molecule has 0 fully saturated rings. The minimum Gasteiger partial charge on any atom is -0.497 e. The Hall–Kier alpha value is -3.74. The average molecular weight is 467 g/mol.